The van der Waals surface area contributed by atoms with Crippen LogP contribution in [0.1, 0.15) is 76.5 Å². The van der Waals surface area contributed by atoms with Crippen molar-refractivity contribution in [2.75, 3.05) is 0 Å². The molecule has 0 fully saturated rings. The van der Waals surface area contributed by atoms with Gasteiger partial charge >= 0.3 is 5.97 Å². The molecule has 0 saturated carbocycles. The Balaban J connectivity index is 1.77. The van der Waals surface area contributed by atoms with Crippen molar-refractivity contribution in [2.45, 2.75) is 82.9 Å². The molecule has 4 nitrogen and oxygen atoms in total. The first-order valence-electron chi connectivity index (χ1n) is 11.3. The molecule has 1 heterocycles. The molecule has 0 saturated heterocycles. The second-order valence-corrected chi connectivity index (χ2v) is 9.32. The maximum absolute atomic E-state index is 11.1. The fourth-order valence-electron chi connectivity index (χ4n) is 3.45. The van der Waals surface area contributed by atoms with Crippen LogP contribution in [0.3, 0.4) is 0 Å². The molecule has 30 heavy (non-hydrogen) atoms. The van der Waals surface area contributed by atoms with Crippen LogP contribution in [-0.2, 0) is 17.6 Å². The second kappa shape index (κ2) is 13.5. The van der Waals surface area contributed by atoms with Gasteiger partial charge in [-0.3, -0.25) is 14.8 Å². The number of hydrogen-bond donors (Lipinski definition) is 1. The molecule has 0 amide bonds. The largest absolute Gasteiger partial charge is 0.481 e. The van der Waals surface area contributed by atoms with Crippen LogP contribution in [0.25, 0.3) is 11.3 Å². The SMILES string of the molecule is CCCCCCCCCc1cnc(-c2ccc(CCC(Br)C(C)C(=O)O)cc2)cn1. The maximum atomic E-state index is 11.1. The first kappa shape index (κ1) is 24.5. The Kier molecular flexibility index (Phi) is 11.1. The van der Waals surface area contributed by atoms with E-state index in [1.54, 1.807) is 6.92 Å². The van der Waals surface area contributed by atoms with E-state index >= 15 is 0 Å². The molecule has 0 bridgehead atoms. The van der Waals surface area contributed by atoms with Crippen LogP contribution in [0.5, 0.6) is 0 Å². The predicted molar refractivity (Wildman–Crippen MR) is 127 cm³/mol. The lowest BCUT2D eigenvalue weighted by molar-refractivity contribution is -0.141. The third-order valence-corrected chi connectivity index (χ3v) is 6.88. The highest BCUT2D eigenvalue weighted by Crippen LogP contribution is 2.22. The molecule has 0 radical (unpaired) electrons. The van der Waals surface area contributed by atoms with Gasteiger partial charge in [0.1, 0.15) is 0 Å². The third-order valence-electron chi connectivity index (χ3n) is 5.63. The highest BCUT2D eigenvalue weighted by atomic mass is 79.9. The van der Waals surface area contributed by atoms with Gasteiger partial charge in [-0.25, -0.2) is 0 Å². The van der Waals surface area contributed by atoms with Crippen molar-refractivity contribution in [3.05, 3.63) is 47.9 Å². The number of halogens is 1. The molecule has 2 rings (SSSR count). The van der Waals surface area contributed by atoms with Crippen LogP contribution in [0.15, 0.2) is 36.7 Å². The van der Waals surface area contributed by atoms with E-state index in [0.29, 0.717) is 0 Å². The maximum Gasteiger partial charge on any atom is 0.307 e. The average Bonchev–Trinajstić information content (AvgIpc) is 2.77. The van der Waals surface area contributed by atoms with Crippen molar-refractivity contribution in [2.24, 2.45) is 5.92 Å². The summed E-state index contributed by atoms with van der Waals surface area (Å²) in [6.45, 7) is 3.99. The summed E-state index contributed by atoms with van der Waals surface area (Å²) in [5, 5.41) is 9.09. The summed E-state index contributed by atoms with van der Waals surface area (Å²) in [5.74, 6) is -1.15. The first-order chi connectivity index (χ1) is 14.5. The molecule has 5 heteroatoms. The number of aromatic nitrogens is 2. The highest BCUT2D eigenvalue weighted by molar-refractivity contribution is 9.09. The molecule has 1 aromatic heterocycles. The molecule has 0 aliphatic rings. The minimum atomic E-state index is -0.763. The number of benzene rings is 1. The number of unbranched alkanes of at least 4 members (excludes halogenated alkanes) is 6. The number of alkyl halides is 1. The van der Waals surface area contributed by atoms with Gasteiger partial charge in [-0.2, -0.15) is 0 Å². The molecule has 1 N–H and O–H groups in total. The normalized spacial score (nSPS) is 13.2. The Labute approximate surface area is 189 Å². The van der Waals surface area contributed by atoms with E-state index in [1.807, 2.05) is 12.4 Å². The third kappa shape index (κ3) is 8.55. The van der Waals surface area contributed by atoms with Gasteiger partial charge in [0.25, 0.3) is 0 Å². The summed E-state index contributed by atoms with van der Waals surface area (Å²) in [5.41, 5.74) is 4.22. The fourth-order valence-corrected chi connectivity index (χ4v) is 3.90. The van der Waals surface area contributed by atoms with E-state index < -0.39 is 5.97 Å². The van der Waals surface area contributed by atoms with Crippen molar-refractivity contribution >= 4 is 21.9 Å². The molecule has 0 aliphatic carbocycles. The van der Waals surface area contributed by atoms with Crippen molar-refractivity contribution in [3.8, 4) is 11.3 Å². The van der Waals surface area contributed by atoms with Crippen LogP contribution >= 0.6 is 15.9 Å². The molecule has 0 spiro atoms. The lowest BCUT2D eigenvalue weighted by Crippen LogP contribution is -2.20. The minimum Gasteiger partial charge on any atom is -0.481 e. The van der Waals surface area contributed by atoms with Gasteiger partial charge in [0.15, 0.2) is 0 Å². The van der Waals surface area contributed by atoms with Crippen molar-refractivity contribution in [1.29, 1.82) is 0 Å². The van der Waals surface area contributed by atoms with E-state index in [9.17, 15) is 4.79 Å². The van der Waals surface area contributed by atoms with Gasteiger partial charge in [-0.05, 0) is 31.2 Å². The summed E-state index contributed by atoms with van der Waals surface area (Å²) < 4.78 is 0. The monoisotopic (exact) mass is 474 g/mol. The van der Waals surface area contributed by atoms with Crippen molar-refractivity contribution in [1.82, 2.24) is 9.97 Å². The summed E-state index contributed by atoms with van der Waals surface area (Å²) in [4.78, 5) is 20.2. The number of carboxylic acids is 1. The summed E-state index contributed by atoms with van der Waals surface area (Å²) in [6, 6.07) is 8.32. The zero-order valence-corrected chi connectivity index (χ0v) is 19.9. The average molecular weight is 475 g/mol. The Morgan fingerprint density at radius 2 is 1.63 bits per heavy atom. The molecule has 1 aromatic carbocycles. The first-order valence-corrected chi connectivity index (χ1v) is 12.2. The lowest BCUT2D eigenvalue weighted by atomic mass is 10.00. The van der Waals surface area contributed by atoms with Gasteiger partial charge < -0.3 is 5.11 Å². The van der Waals surface area contributed by atoms with Gasteiger partial charge in [0.2, 0.25) is 0 Å². The van der Waals surface area contributed by atoms with Gasteiger partial charge in [-0.1, -0.05) is 92.6 Å². The zero-order chi connectivity index (χ0) is 21.8. The van der Waals surface area contributed by atoms with Crippen LogP contribution in [0.2, 0.25) is 0 Å². The summed E-state index contributed by atoms with van der Waals surface area (Å²) in [6.07, 6.45) is 15.6. The van der Waals surface area contributed by atoms with E-state index in [-0.39, 0.29) is 10.7 Å². The number of carboxylic acid groups (broad SMARTS) is 1. The summed E-state index contributed by atoms with van der Waals surface area (Å²) >= 11 is 3.50. The number of rotatable bonds is 14. The smallest absolute Gasteiger partial charge is 0.307 e. The number of aliphatic carboxylic acids is 1. The van der Waals surface area contributed by atoms with Crippen molar-refractivity contribution in [3.63, 3.8) is 0 Å². The minimum absolute atomic E-state index is 0.0237. The van der Waals surface area contributed by atoms with Gasteiger partial charge in [0, 0.05) is 16.6 Å². The second-order valence-electron chi connectivity index (χ2n) is 8.14. The number of hydrogen-bond acceptors (Lipinski definition) is 3. The van der Waals surface area contributed by atoms with E-state index in [2.05, 4.69) is 57.1 Å². The standard InChI is InChI=1S/C25H35BrN2O2/c1-3-4-5-6-7-8-9-10-22-17-28-24(18-27-22)21-14-11-20(12-15-21)13-16-23(26)19(2)25(29)30/h11-12,14-15,17-19,23H,3-10,13,16H2,1-2H3,(H,29,30). The Hall–Kier alpha value is -1.75. The molecular weight excluding hydrogens is 440 g/mol. The number of aryl methyl sites for hydroxylation is 2. The predicted octanol–water partition coefficient (Wildman–Crippen LogP) is 6.85. The van der Waals surface area contributed by atoms with Crippen LogP contribution in [0, 0.1) is 5.92 Å². The Bertz CT molecular complexity index is 747. The Morgan fingerprint density at radius 1 is 0.967 bits per heavy atom. The molecule has 2 aromatic rings. The molecule has 2 unspecified atom stereocenters. The zero-order valence-electron chi connectivity index (χ0n) is 18.3. The number of nitrogens with zero attached hydrogens (tertiary/aromatic N) is 2. The molecule has 2 atom stereocenters. The number of carbonyl (C=O) groups is 1. The Morgan fingerprint density at radius 3 is 2.23 bits per heavy atom. The van der Waals surface area contributed by atoms with Crippen LogP contribution in [-0.4, -0.2) is 25.9 Å². The molecule has 164 valence electrons. The van der Waals surface area contributed by atoms with E-state index in [0.717, 1.165) is 36.2 Å². The van der Waals surface area contributed by atoms with E-state index in [4.69, 9.17) is 5.11 Å². The topological polar surface area (TPSA) is 63.1 Å². The van der Waals surface area contributed by atoms with Crippen molar-refractivity contribution < 1.29 is 9.90 Å². The fraction of sp³-hybridized carbons (Fsp3) is 0.560. The van der Waals surface area contributed by atoms with Gasteiger partial charge in [-0.15, -0.1) is 0 Å². The molecule has 0 aliphatic heterocycles. The lowest BCUT2D eigenvalue weighted by Gasteiger charge is -2.14. The van der Waals surface area contributed by atoms with Crippen LogP contribution in [0.4, 0.5) is 0 Å². The molecular formula is C25H35BrN2O2. The van der Waals surface area contributed by atoms with Gasteiger partial charge in [0.05, 0.1) is 23.5 Å². The van der Waals surface area contributed by atoms with E-state index in [1.165, 1.54) is 50.5 Å². The quantitative estimate of drug-likeness (QED) is 0.240. The summed E-state index contributed by atoms with van der Waals surface area (Å²) in [7, 11) is 0. The highest BCUT2D eigenvalue weighted by Gasteiger charge is 2.20. The van der Waals surface area contributed by atoms with Crippen LogP contribution < -0.4 is 0 Å².